The molecule has 4 nitrogen and oxygen atoms in total. The molecule has 0 unspecified atom stereocenters. The maximum atomic E-state index is 6.11. The molecule has 0 spiro atoms. The van der Waals surface area contributed by atoms with E-state index in [2.05, 4.69) is 54.7 Å². The number of nitrogens with zero attached hydrogens (tertiary/aromatic N) is 1. The molecule has 0 bridgehead atoms. The Morgan fingerprint density at radius 3 is 2.68 bits per heavy atom. The highest BCUT2D eigenvalue weighted by Gasteiger charge is 2.12. The number of aryl methyl sites for hydroxylation is 1. The van der Waals surface area contributed by atoms with Crippen molar-refractivity contribution in [1.82, 2.24) is 4.98 Å². The Hall–Kier alpha value is -2.53. The summed E-state index contributed by atoms with van der Waals surface area (Å²) in [5.41, 5.74) is 5.16. The number of aromatic nitrogens is 1. The summed E-state index contributed by atoms with van der Waals surface area (Å²) < 4.78 is 17.5. The van der Waals surface area contributed by atoms with Gasteiger partial charge < -0.3 is 14.2 Å². The third kappa shape index (κ3) is 5.59. The summed E-state index contributed by atoms with van der Waals surface area (Å²) in [6.45, 7) is 6.09. The molecule has 5 heteroatoms. The first-order chi connectivity index (χ1) is 15.3. The van der Waals surface area contributed by atoms with Crippen LogP contribution in [-0.4, -0.2) is 24.8 Å². The minimum Gasteiger partial charge on any atom is -0.493 e. The minimum absolute atomic E-state index is 0.631. The summed E-state index contributed by atoms with van der Waals surface area (Å²) in [5, 5.41) is 2.94. The van der Waals surface area contributed by atoms with Crippen molar-refractivity contribution in [2.45, 2.75) is 46.0 Å². The summed E-state index contributed by atoms with van der Waals surface area (Å²) in [6.07, 6.45) is 7.35. The first kappa shape index (κ1) is 21.7. The fourth-order valence-electron chi connectivity index (χ4n) is 3.82. The Bertz CT molecular complexity index is 998. The van der Waals surface area contributed by atoms with Crippen molar-refractivity contribution in [3.63, 3.8) is 0 Å². The van der Waals surface area contributed by atoms with E-state index in [1.54, 1.807) is 11.3 Å². The maximum absolute atomic E-state index is 6.11. The van der Waals surface area contributed by atoms with Gasteiger partial charge in [0.1, 0.15) is 16.5 Å². The summed E-state index contributed by atoms with van der Waals surface area (Å²) in [6, 6.07) is 12.8. The van der Waals surface area contributed by atoms with Gasteiger partial charge in [-0.2, -0.15) is 0 Å². The molecule has 1 heterocycles. The van der Waals surface area contributed by atoms with Gasteiger partial charge in [-0.1, -0.05) is 19.4 Å². The quantitative estimate of drug-likeness (QED) is 0.330. The number of rotatable bonds is 11. The Labute approximate surface area is 189 Å². The molecule has 1 radical (unpaired) electrons. The smallest absolute Gasteiger partial charge is 0.224 e. The fourth-order valence-corrected chi connectivity index (χ4v) is 4.56. The number of thiazole rings is 1. The fraction of sp³-hybridized carbons (Fsp3) is 0.385. The van der Waals surface area contributed by atoms with Gasteiger partial charge in [-0.15, -0.1) is 11.3 Å². The highest BCUT2D eigenvalue weighted by molar-refractivity contribution is 7.13. The van der Waals surface area contributed by atoms with Gasteiger partial charge >= 0.3 is 0 Å². The molecule has 31 heavy (non-hydrogen) atoms. The summed E-state index contributed by atoms with van der Waals surface area (Å²) >= 11 is 1.61. The van der Waals surface area contributed by atoms with E-state index in [9.17, 15) is 0 Å². The molecular weight excluding hydrogens is 406 g/mol. The number of hydrogen-bond donors (Lipinski definition) is 0. The second-order valence-electron chi connectivity index (χ2n) is 7.67. The van der Waals surface area contributed by atoms with E-state index < -0.39 is 0 Å². The Kier molecular flexibility index (Phi) is 7.47. The van der Waals surface area contributed by atoms with Crippen molar-refractivity contribution in [1.29, 1.82) is 0 Å². The monoisotopic (exact) mass is 436 g/mol. The number of ether oxygens (including phenoxy) is 3. The van der Waals surface area contributed by atoms with Crippen molar-refractivity contribution in [2.75, 3.05) is 19.8 Å². The van der Waals surface area contributed by atoms with Crippen LogP contribution in [0.4, 0.5) is 0 Å². The van der Waals surface area contributed by atoms with E-state index in [0.717, 1.165) is 54.2 Å². The maximum Gasteiger partial charge on any atom is 0.224 e. The SMILES string of the molecule is CCCc1cc(-c2nc(OCC)cs2)ccc1OCCCOc1ccc2c(c1)C[CH]C2. The predicted molar refractivity (Wildman–Crippen MR) is 126 cm³/mol. The predicted octanol–water partition coefficient (Wildman–Crippen LogP) is 6.31. The standard InChI is InChI=1S/C26H30NO3S/c1-3-7-21-16-22(26-27-25(18-31-26)28-4-2)11-13-24(21)30-15-6-14-29-23-12-10-19-8-5-9-20(19)17-23/h5,10-13,16-18H,3-4,6-9,14-15H2,1-2H3. The lowest BCUT2D eigenvalue weighted by atomic mass is 10.1. The number of benzene rings is 2. The average Bonchev–Trinajstić information content (AvgIpc) is 3.44. The van der Waals surface area contributed by atoms with Crippen LogP contribution in [0.5, 0.6) is 17.4 Å². The molecule has 4 rings (SSSR count). The van der Waals surface area contributed by atoms with Crippen molar-refractivity contribution < 1.29 is 14.2 Å². The van der Waals surface area contributed by atoms with E-state index in [0.29, 0.717) is 25.7 Å². The highest BCUT2D eigenvalue weighted by Crippen LogP contribution is 2.31. The molecule has 3 aromatic rings. The van der Waals surface area contributed by atoms with Crippen molar-refractivity contribution in [3.8, 4) is 28.0 Å². The van der Waals surface area contributed by atoms with Crippen LogP contribution >= 0.6 is 11.3 Å². The van der Waals surface area contributed by atoms with Crippen molar-refractivity contribution >= 4 is 11.3 Å². The highest BCUT2D eigenvalue weighted by atomic mass is 32.1. The Morgan fingerprint density at radius 1 is 0.935 bits per heavy atom. The molecule has 2 aromatic carbocycles. The number of fused-ring (bicyclic) bond motifs is 1. The van der Waals surface area contributed by atoms with Crippen LogP contribution in [0.1, 0.15) is 43.4 Å². The van der Waals surface area contributed by atoms with Gasteiger partial charge in [0, 0.05) is 12.0 Å². The van der Waals surface area contributed by atoms with Crippen LogP contribution in [0.15, 0.2) is 41.8 Å². The molecule has 0 saturated carbocycles. The molecule has 1 aliphatic rings. The van der Waals surface area contributed by atoms with Crippen LogP contribution in [-0.2, 0) is 19.3 Å². The zero-order valence-corrected chi connectivity index (χ0v) is 19.2. The summed E-state index contributed by atoms with van der Waals surface area (Å²) in [4.78, 5) is 4.58. The summed E-state index contributed by atoms with van der Waals surface area (Å²) in [7, 11) is 0. The molecule has 0 N–H and O–H groups in total. The Morgan fingerprint density at radius 2 is 1.81 bits per heavy atom. The van der Waals surface area contributed by atoms with Crippen LogP contribution < -0.4 is 14.2 Å². The zero-order chi connectivity index (χ0) is 21.5. The lowest BCUT2D eigenvalue weighted by Crippen LogP contribution is -2.06. The topological polar surface area (TPSA) is 40.6 Å². The van der Waals surface area contributed by atoms with E-state index in [-0.39, 0.29) is 0 Å². The number of hydrogen-bond acceptors (Lipinski definition) is 5. The molecule has 0 atom stereocenters. The van der Waals surface area contributed by atoms with Crippen molar-refractivity contribution in [2.24, 2.45) is 0 Å². The van der Waals surface area contributed by atoms with Gasteiger partial charge in [-0.05, 0) is 79.6 Å². The Balaban J connectivity index is 1.31. The normalized spacial score (nSPS) is 12.6. The second kappa shape index (κ2) is 10.7. The molecule has 163 valence electrons. The summed E-state index contributed by atoms with van der Waals surface area (Å²) in [5.74, 6) is 2.61. The van der Waals surface area contributed by atoms with Gasteiger partial charge in [0.2, 0.25) is 5.88 Å². The third-order valence-electron chi connectivity index (χ3n) is 5.32. The first-order valence-corrected chi connectivity index (χ1v) is 12.1. The third-order valence-corrected chi connectivity index (χ3v) is 6.19. The van der Waals surface area contributed by atoms with Gasteiger partial charge in [0.05, 0.1) is 25.2 Å². The zero-order valence-electron chi connectivity index (χ0n) is 18.4. The van der Waals surface area contributed by atoms with Gasteiger partial charge in [0.25, 0.3) is 0 Å². The van der Waals surface area contributed by atoms with E-state index >= 15 is 0 Å². The van der Waals surface area contributed by atoms with Gasteiger partial charge in [-0.3, -0.25) is 0 Å². The molecule has 0 fully saturated rings. The van der Waals surface area contributed by atoms with Crippen LogP contribution in [0, 0.1) is 6.42 Å². The largest absolute Gasteiger partial charge is 0.493 e. The molecule has 1 aromatic heterocycles. The van der Waals surface area contributed by atoms with Gasteiger partial charge in [0.15, 0.2) is 0 Å². The molecule has 1 aliphatic carbocycles. The van der Waals surface area contributed by atoms with E-state index in [1.807, 2.05) is 12.3 Å². The second-order valence-corrected chi connectivity index (χ2v) is 8.53. The van der Waals surface area contributed by atoms with Crippen LogP contribution in [0.25, 0.3) is 10.6 Å². The van der Waals surface area contributed by atoms with E-state index in [1.165, 1.54) is 16.7 Å². The average molecular weight is 437 g/mol. The molecule has 0 aliphatic heterocycles. The first-order valence-electron chi connectivity index (χ1n) is 11.2. The molecular formula is C26H30NO3S. The lowest BCUT2D eigenvalue weighted by molar-refractivity contribution is 0.246. The van der Waals surface area contributed by atoms with Crippen LogP contribution in [0.2, 0.25) is 0 Å². The lowest BCUT2D eigenvalue weighted by Gasteiger charge is -2.13. The minimum atomic E-state index is 0.631. The molecule has 0 saturated heterocycles. The van der Waals surface area contributed by atoms with Gasteiger partial charge in [-0.25, -0.2) is 4.98 Å². The van der Waals surface area contributed by atoms with Crippen molar-refractivity contribution in [3.05, 3.63) is 64.9 Å². The van der Waals surface area contributed by atoms with Crippen LogP contribution in [0.3, 0.4) is 0 Å². The van der Waals surface area contributed by atoms with E-state index in [4.69, 9.17) is 14.2 Å². The molecule has 0 amide bonds.